The van der Waals surface area contributed by atoms with Gasteiger partial charge < -0.3 is 16.5 Å². The molecule has 0 saturated heterocycles. The highest BCUT2D eigenvalue weighted by atomic mass is 32.2. The van der Waals surface area contributed by atoms with Gasteiger partial charge in [-0.25, -0.2) is 9.37 Å². The smallest absolute Gasteiger partial charge is 0.253 e. The third-order valence-electron chi connectivity index (χ3n) is 2.18. The first-order valence-electron chi connectivity index (χ1n) is 5.11. The standard InChI is InChI=1S/C11H11FN4OS/c12-7-3-6(5-13)1-2-8(7)18-11-15-9(14)4-10(17)16-11/h1-4H,5,13H2,(H3,14,15,16,17). The number of hydrogen-bond donors (Lipinski definition) is 3. The fraction of sp³-hybridized carbons (Fsp3) is 0.0909. The van der Waals surface area contributed by atoms with Crippen molar-refractivity contribution >= 4 is 17.6 Å². The van der Waals surface area contributed by atoms with Gasteiger partial charge >= 0.3 is 0 Å². The molecule has 0 saturated carbocycles. The second kappa shape index (κ2) is 5.19. The van der Waals surface area contributed by atoms with Crippen molar-refractivity contribution in [3.63, 3.8) is 0 Å². The maximum atomic E-state index is 13.7. The normalized spacial score (nSPS) is 10.6. The van der Waals surface area contributed by atoms with Gasteiger partial charge in [0.25, 0.3) is 5.56 Å². The molecule has 94 valence electrons. The number of halogens is 1. The summed E-state index contributed by atoms with van der Waals surface area (Å²) in [6, 6.07) is 5.83. The Balaban J connectivity index is 2.31. The minimum Gasteiger partial charge on any atom is -0.383 e. The van der Waals surface area contributed by atoms with Crippen molar-refractivity contribution in [1.29, 1.82) is 0 Å². The van der Waals surface area contributed by atoms with Gasteiger partial charge in [-0.3, -0.25) is 4.79 Å². The van der Waals surface area contributed by atoms with Crippen molar-refractivity contribution in [2.24, 2.45) is 5.73 Å². The molecule has 2 rings (SSSR count). The van der Waals surface area contributed by atoms with Crippen molar-refractivity contribution in [3.05, 3.63) is 46.0 Å². The summed E-state index contributed by atoms with van der Waals surface area (Å²) < 4.78 is 13.7. The molecule has 18 heavy (non-hydrogen) atoms. The number of rotatable bonds is 3. The van der Waals surface area contributed by atoms with Crippen LogP contribution >= 0.6 is 11.8 Å². The lowest BCUT2D eigenvalue weighted by atomic mass is 10.2. The van der Waals surface area contributed by atoms with Gasteiger partial charge in [0.15, 0.2) is 5.16 Å². The summed E-state index contributed by atoms with van der Waals surface area (Å²) in [6.07, 6.45) is 0. The number of hydrogen-bond acceptors (Lipinski definition) is 5. The second-order valence-electron chi connectivity index (χ2n) is 3.55. The molecule has 0 aliphatic carbocycles. The van der Waals surface area contributed by atoms with Gasteiger partial charge in [0.2, 0.25) is 0 Å². The topological polar surface area (TPSA) is 97.8 Å². The van der Waals surface area contributed by atoms with E-state index in [2.05, 4.69) is 9.97 Å². The number of nitrogens with zero attached hydrogens (tertiary/aromatic N) is 1. The van der Waals surface area contributed by atoms with E-state index in [4.69, 9.17) is 11.5 Å². The molecule has 5 nitrogen and oxygen atoms in total. The van der Waals surface area contributed by atoms with Crippen LogP contribution in [0.15, 0.2) is 39.1 Å². The molecule has 0 spiro atoms. The van der Waals surface area contributed by atoms with E-state index in [-0.39, 0.29) is 23.1 Å². The maximum absolute atomic E-state index is 13.7. The van der Waals surface area contributed by atoms with Crippen LogP contribution in [0.25, 0.3) is 0 Å². The highest BCUT2D eigenvalue weighted by molar-refractivity contribution is 7.99. The van der Waals surface area contributed by atoms with Crippen LogP contribution in [-0.4, -0.2) is 9.97 Å². The Hall–Kier alpha value is -1.86. The van der Waals surface area contributed by atoms with E-state index >= 15 is 0 Å². The van der Waals surface area contributed by atoms with Crippen LogP contribution in [0.2, 0.25) is 0 Å². The Morgan fingerprint density at radius 3 is 2.78 bits per heavy atom. The summed E-state index contributed by atoms with van der Waals surface area (Å²) in [5.41, 5.74) is 11.2. The van der Waals surface area contributed by atoms with Gasteiger partial charge in [-0.05, 0) is 29.5 Å². The molecule has 0 bridgehead atoms. The van der Waals surface area contributed by atoms with Crippen molar-refractivity contribution in [3.8, 4) is 0 Å². The Morgan fingerprint density at radius 2 is 2.17 bits per heavy atom. The van der Waals surface area contributed by atoms with Crippen molar-refractivity contribution in [2.45, 2.75) is 16.6 Å². The van der Waals surface area contributed by atoms with Crippen LogP contribution in [0.5, 0.6) is 0 Å². The molecule has 0 unspecified atom stereocenters. The van der Waals surface area contributed by atoms with Crippen molar-refractivity contribution < 1.29 is 4.39 Å². The summed E-state index contributed by atoms with van der Waals surface area (Å²) in [7, 11) is 0. The summed E-state index contributed by atoms with van der Waals surface area (Å²) in [5.74, 6) is -0.312. The van der Waals surface area contributed by atoms with E-state index in [0.29, 0.717) is 10.5 Å². The quantitative estimate of drug-likeness (QED) is 0.723. The predicted molar refractivity (Wildman–Crippen MR) is 67.7 cm³/mol. The lowest BCUT2D eigenvalue weighted by Gasteiger charge is -2.04. The Bertz CT molecular complexity index is 629. The first-order valence-corrected chi connectivity index (χ1v) is 5.93. The molecule has 0 amide bonds. The van der Waals surface area contributed by atoms with Gasteiger partial charge in [-0.15, -0.1) is 0 Å². The SMILES string of the molecule is NCc1ccc(Sc2nc(N)cc(=O)[nH]2)c(F)c1. The van der Waals surface area contributed by atoms with Crippen molar-refractivity contribution in [2.75, 3.05) is 5.73 Å². The maximum Gasteiger partial charge on any atom is 0.253 e. The van der Waals surface area contributed by atoms with Gasteiger partial charge in [0.05, 0.1) is 4.90 Å². The van der Waals surface area contributed by atoms with Gasteiger partial charge in [0.1, 0.15) is 11.6 Å². The molecule has 0 fully saturated rings. The third-order valence-corrected chi connectivity index (χ3v) is 3.12. The summed E-state index contributed by atoms with van der Waals surface area (Å²) in [4.78, 5) is 17.9. The Morgan fingerprint density at radius 1 is 1.39 bits per heavy atom. The molecule has 0 radical (unpaired) electrons. The zero-order valence-electron chi connectivity index (χ0n) is 9.31. The number of H-pyrrole nitrogens is 1. The average molecular weight is 266 g/mol. The highest BCUT2D eigenvalue weighted by Crippen LogP contribution is 2.27. The summed E-state index contributed by atoms with van der Waals surface area (Å²) in [6.45, 7) is 0.273. The fourth-order valence-electron chi connectivity index (χ4n) is 1.36. The Kier molecular flexibility index (Phi) is 3.63. The molecule has 0 atom stereocenters. The summed E-state index contributed by atoms with van der Waals surface area (Å²) in [5, 5.41) is 0.249. The molecule has 0 aliphatic rings. The zero-order chi connectivity index (χ0) is 13.1. The number of nitrogens with one attached hydrogen (secondary N) is 1. The molecular formula is C11H11FN4OS. The number of aromatic nitrogens is 2. The third kappa shape index (κ3) is 2.88. The van der Waals surface area contributed by atoms with Crippen LogP contribution in [-0.2, 0) is 6.54 Å². The number of anilines is 1. The highest BCUT2D eigenvalue weighted by Gasteiger charge is 2.07. The number of nitrogens with two attached hydrogens (primary N) is 2. The lowest BCUT2D eigenvalue weighted by molar-refractivity contribution is 0.599. The van der Waals surface area contributed by atoms with E-state index in [1.165, 1.54) is 6.07 Å². The monoisotopic (exact) mass is 266 g/mol. The van der Waals surface area contributed by atoms with Gasteiger partial charge in [0, 0.05) is 12.6 Å². The molecule has 7 heteroatoms. The van der Waals surface area contributed by atoms with Gasteiger partial charge in [-0.1, -0.05) is 6.07 Å². The van der Waals surface area contributed by atoms with E-state index in [9.17, 15) is 9.18 Å². The predicted octanol–water partition coefficient (Wildman–Crippen LogP) is 1.10. The number of benzene rings is 1. The number of aromatic amines is 1. The van der Waals surface area contributed by atoms with Crippen molar-refractivity contribution in [1.82, 2.24) is 9.97 Å². The molecule has 2 aromatic rings. The molecular weight excluding hydrogens is 255 g/mol. The van der Waals surface area contributed by atoms with Crippen LogP contribution < -0.4 is 17.0 Å². The van der Waals surface area contributed by atoms with E-state index in [1.807, 2.05) is 0 Å². The number of nitrogen functional groups attached to an aromatic ring is 1. The summed E-state index contributed by atoms with van der Waals surface area (Å²) >= 11 is 0.999. The van der Waals surface area contributed by atoms with Crippen LogP contribution in [0.1, 0.15) is 5.56 Å². The largest absolute Gasteiger partial charge is 0.383 e. The molecule has 1 aromatic heterocycles. The molecule has 1 heterocycles. The zero-order valence-corrected chi connectivity index (χ0v) is 10.1. The fourth-order valence-corrected chi connectivity index (χ4v) is 2.16. The molecule has 5 N–H and O–H groups in total. The van der Waals surface area contributed by atoms with Crippen LogP contribution in [0.3, 0.4) is 0 Å². The first kappa shape index (κ1) is 12.6. The molecule has 0 aliphatic heterocycles. The van der Waals surface area contributed by atoms with E-state index in [1.54, 1.807) is 12.1 Å². The lowest BCUT2D eigenvalue weighted by Crippen LogP contribution is -2.09. The van der Waals surface area contributed by atoms with Crippen LogP contribution in [0.4, 0.5) is 10.2 Å². The Labute approximate surface area is 106 Å². The first-order chi connectivity index (χ1) is 8.58. The minimum atomic E-state index is -0.409. The van der Waals surface area contributed by atoms with Crippen LogP contribution in [0, 0.1) is 5.82 Å². The second-order valence-corrected chi connectivity index (χ2v) is 4.58. The minimum absolute atomic E-state index is 0.0974. The molecule has 1 aromatic carbocycles. The van der Waals surface area contributed by atoms with Gasteiger partial charge in [-0.2, -0.15) is 0 Å². The van der Waals surface area contributed by atoms with E-state index < -0.39 is 5.82 Å². The van der Waals surface area contributed by atoms with E-state index in [0.717, 1.165) is 17.8 Å². The average Bonchev–Trinajstić information content (AvgIpc) is 2.30.